The summed E-state index contributed by atoms with van der Waals surface area (Å²) in [6.07, 6.45) is 7.79. The first-order chi connectivity index (χ1) is 7.10. The molecule has 2 rings (SSSR count). The van der Waals surface area contributed by atoms with E-state index < -0.39 is 5.54 Å². The fourth-order valence-corrected chi connectivity index (χ4v) is 3.18. The fraction of sp³-hybridized carbons (Fsp3) is 0.917. The van der Waals surface area contributed by atoms with Crippen molar-refractivity contribution in [1.82, 2.24) is 0 Å². The van der Waals surface area contributed by atoms with E-state index in [2.05, 4.69) is 0 Å². The van der Waals surface area contributed by atoms with E-state index >= 15 is 0 Å². The molecule has 0 aromatic heterocycles. The number of carbonyl (C=O) groups excluding carboxylic acids is 1. The van der Waals surface area contributed by atoms with Crippen LogP contribution in [-0.4, -0.2) is 18.1 Å². The monoisotopic (exact) mass is 211 g/mol. The summed E-state index contributed by atoms with van der Waals surface area (Å²) < 4.78 is 5.08. The Bertz CT molecular complexity index is 260. The molecule has 1 spiro atoms. The number of esters is 1. The van der Waals surface area contributed by atoms with Crippen LogP contribution in [-0.2, 0) is 9.53 Å². The number of hydrogen-bond acceptors (Lipinski definition) is 3. The molecule has 1 atom stereocenters. The minimum Gasteiger partial charge on any atom is -0.465 e. The average Bonchev–Trinajstić information content (AvgIpc) is 2.16. The molecule has 2 aliphatic carbocycles. The molecule has 3 heteroatoms. The highest BCUT2D eigenvalue weighted by Gasteiger charge is 2.50. The van der Waals surface area contributed by atoms with Crippen LogP contribution in [0.5, 0.6) is 0 Å². The second kappa shape index (κ2) is 3.78. The minimum absolute atomic E-state index is 0.184. The summed E-state index contributed by atoms with van der Waals surface area (Å²) in [6, 6.07) is 0. The first kappa shape index (κ1) is 10.9. The van der Waals surface area contributed by atoms with Gasteiger partial charge in [-0.2, -0.15) is 0 Å². The first-order valence-electron chi connectivity index (χ1n) is 6.06. The van der Waals surface area contributed by atoms with Gasteiger partial charge in [-0.25, -0.2) is 0 Å². The van der Waals surface area contributed by atoms with Crippen LogP contribution in [0.1, 0.15) is 51.9 Å². The van der Waals surface area contributed by atoms with Crippen LogP contribution in [0.25, 0.3) is 0 Å². The van der Waals surface area contributed by atoms with E-state index in [1.807, 2.05) is 6.92 Å². The summed E-state index contributed by atoms with van der Waals surface area (Å²) in [5.41, 5.74) is 5.90. The Morgan fingerprint density at radius 1 is 1.27 bits per heavy atom. The summed E-state index contributed by atoms with van der Waals surface area (Å²) in [6.45, 7) is 2.27. The van der Waals surface area contributed by atoms with Crippen LogP contribution < -0.4 is 5.73 Å². The fourth-order valence-electron chi connectivity index (χ4n) is 3.18. The molecular formula is C12H21NO2. The molecule has 2 saturated carbocycles. The minimum atomic E-state index is -0.686. The van der Waals surface area contributed by atoms with Crippen molar-refractivity contribution in [1.29, 1.82) is 0 Å². The molecule has 2 N–H and O–H groups in total. The van der Waals surface area contributed by atoms with E-state index in [-0.39, 0.29) is 5.97 Å². The Morgan fingerprint density at radius 3 is 2.40 bits per heavy atom. The van der Waals surface area contributed by atoms with Crippen molar-refractivity contribution in [3.8, 4) is 0 Å². The van der Waals surface area contributed by atoms with Gasteiger partial charge in [0.25, 0.3) is 0 Å². The number of hydrogen-bond donors (Lipinski definition) is 1. The van der Waals surface area contributed by atoms with Crippen LogP contribution in [0.4, 0.5) is 0 Å². The topological polar surface area (TPSA) is 52.3 Å². The average molecular weight is 211 g/mol. The second-order valence-electron chi connectivity index (χ2n) is 5.26. The van der Waals surface area contributed by atoms with Gasteiger partial charge in [0.1, 0.15) is 5.54 Å². The smallest absolute Gasteiger partial charge is 0.326 e. The van der Waals surface area contributed by atoms with Gasteiger partial charge in [-0.15, -0.1) is 0 Å². The van der Waals surface area contributed by atoms with Gasteiger partial charge in [0.15, 0.2) is 0 Å². The Kier molecular flexibility index (Phi) is 2.75. The third-order valence-corrected chi connectivity index (χ3v) is 4.12. The lowest BCUT2D eigenvalue weighted by atomic mass is 9.56. The predicted molar refractivity (Wildman–Crippen MR) is 58.3 cm³/mol. The molecule has 3 nitrogen and oxygen atoms in total. The van der Waals surface area contributed by atoms with Gasteiger partial charge in [-0.1, -0.05) is 12.8 Å². The van der Waals surface area contributed by atoms with Crippen molar-refractivity contribution in [3.63, 3.8) is 0 Å². The van der Waals surface area contributed by atoms with Gasteiger partial charge in [0.2, 0.25) is 0 Å². The van der Waals surface area contributed by atoms with Crippen LogP contribution in [0.3, 0.4) is 0 Å². The maximum absolute atomic E-state index is 11.8. The SMILES string of the molecule is CCOC(=O)C1(N)CCCC2(CCC2)C1. The van der Waals surface area contributed by atoms with Gasteiger partial charge >= 0.3 is 5.97 Å². The summed E-state index contributed by atoms with van der Waals surface area (Å²) in [5, 5.41) is 0. The van der Waals surface area contributed by atoms with Gasteiger partial charge in [-0.3, -0.25) is 4.79 Å². The van der Waals surface area contributed by atoms with Crippen molar-refractivity contribution >= 4 is 5.97 Å². The van der Waals surface area contributed by atoms with Crippen LogP contribution in [0.2, 0.25) is 0 Å². The molecule has 0 aliphatic heterocycles. The van der Waals surface area contributed by atoms with Crippen molar-refractivity contribution < 1.29 is 9.53 Å². The molecule has 2 fully saturated rings. The summed E-state index contributed by atoms with van der Waals surface area (Å²) in [7, 11) is 0. The lowest BCUT2D eigenvalue weighted by Crippen LogP contribution is -2.56. The van der Waals surface area contributed by atoms with Crippen molar-refractivity contribution in [2.24, 2.45) is 11.1 Å². The van der Waals surface area contributed by atoms with Gasteiger partial charge in [0.05, 0.1) is 6.61 Å². The standard InChI is InChI=1S/C12H21NO2/c1-2-15-10(14)12(13)8-4-7-11(9-12)5-3-6-11/h2-9,13H2,1H3. The molecule has 0 saturated heterocycles. The largest absolute Gasteiger partial charge is 0.465 e. The van der Waals surface area contributed by atoms with Gasteiger partial charge < -0.3 is 10.5 Å². The van der Waals surface area contributed by atoms with E-state index in [4.69, 9.17) is 10.5 Å². The first-order valence-corrected chi connectivity index (χ1v) is 6.06. The summed E-state index contributed by atoms with van der Waals surface area (Å²) >= 11 is 0. The highest BCUT2D eigenvalue weighted by Crippen LogP contribution is 2.53. The Hall–Kier alpha value is -0.570. The molecule has 0 heterocycles. The van der Waals surface area contributed by atoms with Crippen LogP contribution >= 0.6 is 0 Å². The van der Waals surface area contributed by atoms with E-state index in [9.17, 15) is 4.79 Å². The lowest BCUT2D eigenvalue weighted by molar-refractivity contribution is -0.154. The number of carbonyl (C=O) groups is 1. The third-order valence-electron chi connectivity index (χ3n) is 4.12. The van der Waals surface area contributed by atoms with Crippen LogP contribution in [0.15, 0.2) is 0 Å². The predicted octanol–water partition coefficient (Wildman–Crippen LogP) is 1.99. The molecule has 15 heavy (non-hydrogen) atoms. The van der Waals surface area contributed by atoms with Gasteiger partial charge in [-0.05, 0) is 44.4 Å². The zero-order chi connectivity index (χ0) is 10.9. The highest BCUT2D eigenvalue weighted by molar-refractivity contribution is 5.80. The highest BCUT2D eigenvalue weighted by atomic mass is 16.5. The molecule has 86 valence electrons. The second-order valence-corrected chi connectivity index (χ2v) is 5.26. The Balaban J connectivity index is 2.04. The summed E-state index contributed by atoms with van der Waals surface area (Å²) in [4.78, 5) is 11.8. The Labute approximate surface area is 91.4 Å². The molecule has 2 aliphatic rings. The maximum atomic E-state index is 11.8. The molecule has 0 aromatic carbocycles. The normalized spacial score (nSPS) is 33.5. The Morgan fingerprint density at radius 2 is 1.87 bits per heavy atom. The molecular weight excluding hydrogens is 190 g/mol. The van der Waals surface area contributed by atoms with Crippen molar-refractivity contribution in [2.45, 2.75) is 57.4 Å². The van der Waals surface area contributed by atoms with E-state index in [1.165, 1.54) is 25.7 Å². The lowest BCUT2D eigenvalue weighted by Gasteiger charge is -2.50. The molecule has 0 amide bonds. The van der Waals surface area contributed by atoms with Gasteiger partial charge in [0, 0.05) is 0 Å². The maximum Gasteiger partial charge on any atom is 0.326 e. The molecule has 1 unspecified atom stereocenters. The molecule has 0 aromatic rings. The zero-order valence-electron chi connectivity index (χ0n) is 9.55. The van der Waals surface area contributed by atoms with Crippen molar-refractivity contribution in [3.05, 3.63) is 0 Å². The quantitative estimate of drug-likeness (QED) is 0.711. The molecule has 0 radical (unpaired) electrons. The third kappa shape index (κ3) is 1.89. The number of ether oxygens (including phenoxy) is 1. The van der Waals surface area contributed by atoms with E-state index in [0.717, 1.165) is 19.3 Å². The number of nitrogens with two attached hydrogens (primary N) is 1. The van der Waals surface area contributed by atoms with E-state index in [1.54, 1.807) is 0 Å². The molecule has 0 bridgehead atoms. The number of rotatable bonds is 2. The summed E-state index contributed by atoms with van der Waals surface area (Å²) in [5.74, 6) is -0.184. The van der Waals surface area contributed by atoms with Crippen molar-refractivity contribution in [2.75, 3.05) is 6.61 Å². The van der Waals surface area contributed by atoms with E-state index in [0.29, 0.717) is 12.0 Å². The van der Waals surface area contributed by atoms with Crippen LogP contribution in [0, 0.1) is 5.41 Å². The zero-order valence-corrected chi connectivity index (χ0v) is 9.55.